The Balaban J connectivity index is 1.52. The van der Waals surface area contributed by atoms with Crippen LogP contribution in [0.5, 0.6) is 5.75 Å². The first-order chi connectivity index (χ1) is 8.74. The van der Waals surface area contributed by atoms with Crippen LogP contribution in [0.1, 0.15) is 19.3 Å². The van der Waals surface area contributed by atoms with E-state index in [0.29, 0.717) is 5.92 Å². The molecule has 0 saturated heterocycles. The summed E-state index contributed by atoms with van der Waals surface area (Å²) in [6.07, 6.45) is 2.96. The molecule has 1 saturated carbocycles. The average Bonchev–Trinajstić information content (AvgIpc) is 2.34. The van der Waals surface area contributed by atoms with Gasteiger partial charge in [-0.15, -0.1) is 0 Å². The SMILES string of the molecule is CN(CCCOc1ccccc1)CC1CC(O)C1. The van der Waals surface area contributed by atoms with Gasteiger partial charge in [0.25, 0.3) is 0 Å². The highest BCUT2D eigenvalue weighted by Crippen LogP contribution is 2.27. The zero-order chi connectivity index (χ0) is 12.8. The predicted molar refractivity (Wildman–Crippen MR) is 72.8 cm³/mol. The normalized spacial score (nSPS) is 22.8. The molecule has 0 unspecified atom stereocenters. The van der Waals surface area contributed by atoms with Crippen molar-refractivity contribution in [3.05, 3.63) is 30.3 Å². The van der Waals surface area contributed by atoms with Gasteiger partial charge in [0.2, 0.25) is 0 Å². The van der Waals surface area contributed by atoms with Crippen molar-refractivity contribution < 1.29 is 9.84 Å². The number of para-hydroxylation sites is 1. The maximum Gasteiger partial charge on any atom is 0.119 e. The monoisotopic (exact) mass is 249 g/mol. The van der Waals surface area contributed by atoms with E-state index in [0.717, 1.165) is 44.7 Å². The summed E-state index contributed by atoms with van der Waals surface area (Å²) in [7, 11) is 2.15. The summed E-state index contributed by atoms with van der Waals surface area (Å²) in [6.45, 7) is 2.92. The van der Waals surface area contributed by atoms with Gasteiger partial charge in [-0.05, 0) is 44.4 Å². The van der Waals surface area contributed by atoms with Crippen LogP contribution in [0.3, 0.4) is 0 Å². The van der Waals surface area contributed by atoms with Crippen molar-refractivity contribution in [3.8, 4) is 5.75 Å². The average molecular weight is 249 g/mol. The first-order valence-corrected chi connectivity index (χ1v) is 6.78. The minimum atomic E-state index is -0.0372. The zero-order valence-corrected chi connectivity index (χ0v) is 11.1. The lowest BCUT2D eigenvalue weighted by molar-refractivity contribution is 0.0278. The summed E-state index contributed by atoms with van der Waals surface area (Å²) in [5.41, 5.74) is 0. The standard InChI is InChI=1S/C15H23NO2/c1-16(12-13-10-14(17)11-13)8-5-9-18-15-6-3-2-4-7-15/h2-4,6-7,13-14,17H,5,8-12H2,1H3. The Labute approximate surface area is 109 Å². The van der Waals surface area contributed by atoms with E-state index < -0.39 is 0 Å². The summed E-state index contributed by atoms with van der Waals surface area (Å²) >= 11 is 0. The Bertz CT molecular complexity index is 336. The van der Waals surface area contributed by atoms with Crippen LogP contribution < -0.4 is 4.74 Å². The molecule has 0 amide bonds. The van der Waals surface area contributed by atoms with Crippen LogP contribution in [0.4, 0.5) is 0 Å². The molecule has 1 fully saturated rings. The van der Waals surface area contributed by atoms with Crippen LogP contribution in [0.15, 0.2) is 30.3 Å². The third kappa shape index (κ3) is 4.31. The fourth-order valence-corrected chi connectivity index (χ4v) is 2.42. The second-order valence-corrected chi connectivity index (χ2v) is 5.27. The second-order valence-electron chi connectivity index (χ2n) is 5.27. The third-order valence-electron chi connectivity index (χ3n) is 3.48. The Morgan fingerprint density at radius 1 is 1.28 bits per heavy atom. The summed E-state index contributed by atoms with van der Waals surface area (Å²) in [4.78, 5) is 2.34. The Morgan fingerprint density at radius 3 is 2.67 bits per heavy atom. The van der Waals surface area contributed by atoms with Gasteiger partial charge in [-0.1, -0.05) is 18.2 Å². The molecule has 100 valence electrons. The number of nitrogens with zero attached hydrogens (tertiary/aromatic N) is 1. The zero-order valence-electron chi connectivity index (χ0n) is 11.1. The van der Waals surface area contributed by atoms with Gasteiger partial charge in [0.05, 0.1) is 12.7 Å². The van der Waals surface area contributed by atoms with E-state index in [1.165, 1.54) is 0 Å². The van der Waals surface area contributed by atoms with Gasteiger partial charge in [-0.2, -0.15) is 0 Å². The van der Waals surface area contributed by atoms with Crippen LogP contribution in [0, 0.1) is 5.92 Å². The molecular weight excluding hydrogens is 226 g/mol. The molecule has 0 aromatic heterocycles. The van der Waals surface area contributed by atoms with E-state index in [1.54, 1.807) is 0 Å². The molecule has 0 aliphatic heterocycles. The number of aliphatic hydroxyl groups is 1. The molecule has 1 aromatic carbocycles. The summed E-state index contributed by atoms with van der Waals surface area (Å²) < 4.78 is 5.65. The quantitative estimate of drug-likeness (QED) is 0.752. The summed E-state index contributed by atoms with van der Waals surface area (Å²) in [6, 6.07) is 9.94. The number of ether oxygens (including phenoxy) is 1. The first kappa shape index (κ1) is 13.4. The molecule has 3 nitrogen and oxygen atoms in total. The molecule has 0 atom stereocenters. The predicted octanol–water partition coefficient (Wildman–Crippen LogP) is 2.16. The molecule has 0 radical (unpaired) electrons. The van der Waals surface area contributed by atoms with Crippen LogP contribution >= 0.6 is 0 Å². The van der Waals surface area contributed by atoms with Gasteiger partial charge < -0.3 is 14.7 Å². The number of hydrogen-bond acceptors (Lipinski definition) is 3. The van der Waals surface area contributed by atoms with Crippen molar-refractivity contribution >= 4 is 0 Å². The minimum Gasteiger partial charge on any atom is -0.494 e. The minimum absolute atomic E-state index is 0.0372. The number of hydrogen-bond donors (Lipinski definition) is 1. The summed E-state index contributed by atoms with van der Waals surface area (Å²) in [5, 5.41) is 9.23. The fourth-order valence-electron chi connectivity index (χ4n) is 2.42. The van der Waals surface area contributed by atoms with Crippen LogP contribution in [-0.4, -0.2) is 42.9 Å². The van der Waals surface area contributed by atoms with Crippen molar-refractivity contribution in [2.45, 2.75) is 25.4 Å². The van der Waals surface area contributed by atoms with Crippen molar-refractivity contribution in [1.29, 1.82) is 0 Å². The highest BCUT2D eigenvalue weighted by molar-refractivity contribution is 5.20. The Hall–Kier alpha value is -1.06. The fraction of sp³-hybridized carbons (Fsp3) is 0.600. The van der Waals surface area contributed by atoms with Gasteiger partial charge in [0.1, 0.15) is 5.75 Å². The highest BCUT2D eigenvalue weighted by atomic mass is 16.5. The van der Waals surface area contributed by atoms with Gasteiger partial charge in [-0.25, -0.2) is 0 Å². The lowest BCUT2D eigenvalue weighted by Gasteiger charge is -2.34. The van der Waals surface area contributed by atoms with Crippen LogP contribution in [-0.2, 0) is 0 Å². The maximum absolute atomic E-state index is 9.23. The molecule has 1 aliphatic rings. The lowest BCUT2D eigenvalue weighted by Crippen LogP contribution is -2.37. The molecule has 2 rings (SSSR count). The largest absolute Gasteiger partial charge is 0.494 e. The van der Waals surface area contributed by atoms with Crippen molar-refractivity contribution in [2.75, 3.05) is 26.7 Å². The number of benzene rings is 1. The third-order valence-corrected chi connectivity index (χ3v) is 3.48. The lowest BCUT2D eigenvalue weighted by atomic mass is 9.82. The Morgan fingerprint density at radius 2 is 2.00 bits per heavy atom. The van der Waals surface area contributed by atoms with E-state index in [9.17, 15) is 5.11 Å². The molecule has 1 N–H and O–H groups in total. The van der Waals surface area contributed by atoms with Crippen molar-refractivity contribution in [1.82, 2.24) is 4.90 Å². The van der Waals surface area contributed by atoms with Gasteiger partial charge >= 0.3 is 0 Å². The van der Waals surface area contributed by atoms with Gasteiger partial charge in [-0.3, -0.25) is 0 Å². The van der Waals surface area contributed by atoms with Gasteiger partial charge in [0.15, 0.2) is 0 Å². The molecular formula is C15H23NO2. The number of aliphatic hydroxyl groups excluding tert-OH is 1. The molecule has 18 heavy (non-hydrogen) atoms. The van der Waals surface area contributed by atoms with E-state index >= 15 is 0 Å². The molecule has 1 aliphatic carbocycles. The maximum atomic E-state index is 9.23. The molecule has 1 aromatic rings. The van der Waals surface area contributed by atoms with Gasteiger partial charge in [0, 0.05) is 13.1 Å². The molecule has 3 heteroatoms. The van der Waals surface area contributed by atoms with Crippen molar-refractivity contribution in [3.63, 3.8) is 0 Å². The summed E-state index contributed by atoms with van der Waals surface area (Å²) in [5.74, 6) is 1.64. The molecule has 0 bridgehead atoms. The Kier molecular flexibility index (Phi) is 5.02. The number of rotatable bonds is 7. The smallest absolute Gasteiger partial charge is 0.119 e. The van der Waals surface area contributed by atoms with E-state index in [1.807, 2.05) is 30.3 Å². The molecule has 0 spiro atoms. The van der Waals surface area contributed by atoms with E-state index in [-0.39, 0.29) is 6.10 Å². The van der Waals surface area contributed by atoms with E-state index in [4.69, 9.17) is 4.74 Å². The molecule has 0 heterocycles. The highest BCUT2D eigenvalue weighted by Gasteiger charge is 2.27. The topological polar surface area (TPSA) is 32.7 Å². The van der Waals surface area contributed by atoms with Crippen LogP contribution in [0.25, 0.3) is 0 Å². The van der Waals surface area contributed by atoms with Crippen LogP contribution in [0.2, 0.25) is 0 Å². The second kappa shape index (κ2) is 6.76. The van der Waals surface area contributed by atoms with E-state index in [2.05, 4.69) is 11.9 Å². The van der Waals surface area contributed by atoms with Crippen molar-refractivity contribution in [2.24, 2.45) is 5.92 Å². The first-order valence-electron chi connectivity index (χ1n) is 6.78.